The van der Waals surface area contributed by atoms with Gasteiger partial charge in [-0.1, -0.05) is 60.7 Å². The number of hydrogen-bond acceptors (Lipinski definition) is 2. The van der Waals surface area contributed by atoms with Gasteiger partial charge >= 0.3 is 0 Å². The van der Waals surface area contributed by atoms with E-state index < -0.39 is 10.0 Å². The first-order valence-electron chi connectivity index (χ1n) is 6.77. The minimum absolute atomic E-state index is 0.0649. The van der Waals surface area contributed by atoms with Crippen LogP contribution >= 0.6 is 11.6 Å². The average molecular weight is 324 g/mol. The summed E-state index contributed by atoms with van der Waals surface area (Å²) in [6, 6.07) is 19.0. The Morgan fingerprint density at radius 3 is 2.14 bits per heavy atom. The summed E-state index contributed by atoms with van der Waals surface area (Å²) in [5, 5.41) is -0.363. The average Bonchev–Trinajstić information content (AvgIpc) is 2.53. The van der Waals surface area contributed by atoms with E-state index in [0.29, 0.717) is 6.42 Å². The first-order chi connectivity index (χ1) is 10.1. The van der Waals surface area contributed by atoms with Crippen LogP contribution in [0.3, 0.4) is 0 Å². The predicted molar refractivity (Wildman–Crippen MR) is 87.0 cm³/mol. The molecule has 0 aromatic heterocycles. The molecular weight excluding hydrogens is 306 g/mol. The van der Waals surface area contributed by atoms with Gasteiger partial charge in [0.1, 0.15) is 0 Å². The van der Waals surface area contributed by atoms with Crippen molar-refractivity contribution in [2.45, 2.75) is 11.8 Å². The van der Waals surface area contributed by atoms with Crippen molar-refractivity contribution in [3.8, 4) is 0 Å². The van der Waals surface area contributed by atoms with Crippen LogP contribution in [0, 0.1) is 0 Å². The standard InChI is InChI=1S/C16H18ClNO2S/c17-16(15-9-5-2-6-10-15)13-18-21(19,20)12-11-14-7-3-1-4-8-14/h1-10,16,18H,11-13H2. The molecule has 0 spiro atoms. The van der Waals surface area contributed by atoms with E-state index in [-0.39, 0.29) is 17.7 Å². The molecule has 0 saturated carbocycles. The summed E-state index contributed by atoms with van der Waals surface area (Å²) in [4.78, 5) is 0. The molecule has 3 nitrogen and oxygen atoms in total. The second-order valence-corrected chi connectivity index (χ2v) is 7.23. The first kappa shape index (κ1) is 16.0. The second-order valence-electron chi connectivity index (χ2n) is 4.78. The normalized spacial score (nSPS) is 13.0. The monoisotopic (exact) mass is 323 g/mol. The third-order valence-electron chi connectivity index (χ3n) is 3.15. The molecule has 1 N–H and O–H groups in total. The van der Waals surface area contributed by atoms with Gasteiger partial charge in [0.25, 0.3) is 0 Å². The summed E-state index contributed by atoms with van der Waals surface area (Å²) in [7, 11) is -3.32. The summed E-state index contributed by atoms with van der Waals surface area (Å²) in [5.41, 5.74) is 1.92. The lowest BCUT2D eigenvalue weighted by Crippen LogP contribution is -2.30. The van der Waals surface area contributed by atoms with Crippen LogP contribution in [0.25, 0.3) is 0 Å². The number of alkyl halides is 1. The topological polar surface area (TPSA) is 46.2 Å². The lowest BCUT2D eigenvalue weighted by atomic mass is 10.1. The van der Waals surface area contributed by atoms with Crippen molar-refractivity contribution < 1.29 is 8.42 Å². The summed E-state index contributed by atoms with van der Waals surface area (Å²) in [6.07, 6.45) is 0.495. The predicted octanol–water partition coefficient (Wildman–Crippen LogP) is 3.13. The van der Waals surface area contributed by atoms with Gasteiger partial charge in [-0.25, -0.2) is 13.1 Å². The highest BCUT2D eigenvalue weighted by molar-refractivity contribution is 7.89. The van der Waals surface area contributed by atoms with E-state index in [1.165, 1.54) is 0 Å². The van der Waals surface area contributed by atoms with E-state index in [0.717, 1.165) is 11.1 Å². The molecule has 0 aliphatic heterocycles. The van der Waals surface area contributed by atoms with Crippen LogP contribution in [0.1, 0.15) is 16.5 Å². The van der Waals surface area contributed by atoms with Crippen LogP contribution in [-0.2, 0) is 16.4 Å². The molecule has 1 unspecified atom stereocenters. The molecule has 0 amide bonds. The van der Waals surface area contributed by atoms with Crippen molar-refractivity contribution in [3.63, 3.8) is 0 Å². The summed E-state index contributed by atoms with van der Waals surface area (Å²) >= 11 is 6.20. The third kappa shape index (κ3) is 5.50. The number of benzene rings is 2. The van der Waals surface area contributed by atoms with E-state index in [1.54, 1.807) is 0 Å². The molecule has 0 bridgehead atoms. The van der Waals surface area contributed by atoms with Crippen molar-refractivity contribution in [1.82, 2.24) is 4.72 Å². The first-order valence-corrected chi connectivity index (χ1v) is 8.86. The van der Waals surface area contributed by atoms with Gasteiger partial charge in [0.15, 0.2) is 0 Å². The van der Waals surface area contributed by atoms with Gasteiger partial charge in [-0.3, -0.25) is 0 Å². The van der Waals surface area contributed by atoms with Crippen molar-refractivity contribution >= 4 is 21.6 Å². The molecule has 0 heterocycles. The Balaban J connectivity index is 1.84. The van der Waals surface area contributed by atoms with Crippen molar-refractivity contribution in [3.05, 3.63) is 71.8 Å². The van der Waals surface area contributed by atoms with Gasteiger partial charge in [-0.15, -0.1) is 11.6 Å². The molecule has 1 atom stereocenters. The zero-order valence-electron chi connectivity index (χ0n) is 11.6. The van der Waals surface area contributed by atoms with E-state index in [2.05, 4.69) is 4.72 Å². The number of hydrogen-bond donors (Lipinski definition) is 1. The molecule has 5 heteroatoms. The quantitative estimate of drug-likeness (QED) is 0.796. The molecule has 112 valence electrons. The Labute approximate surface area is 131 Å². The van der Waals surface area contributed by atoms with Gasteiger partial charge in [-0.2, -0.15) is 0 Å². The Bertz CT molecular complexity index is 644. The molecule has 0 fully saturated rings. The molecule has 0 aliphatic rings. The van der Waals surface area contributed by atoms with Gasteiger partial charge in [0.05, 0.1) is 11.1 Å². The third-order valence-corrected chi connectivity index (χ3v) is 4.90. The van der Waals surface area contributed by atoms with E-state index in [9.17, 15) is 8.42 Å². The SMILES string of the molecule is O=S(=O)(CCc1ccccc1)NCC(Cl)c1ccccc1. The van der Waals surface area contributed by atoms with Crippen molar-refractivity contribution in [1.29, 1.82) is 0 Å². The van der Waals surface area contributed by atoms with Gasteiger partial charge in [-0.05, 0) is 17.5 Å². The van der Waals surface area contributed by atoms with E-state index in [4.69, 9.17) is 11.6 Å². The maximum atomic E-state index is 12.0. The Morgan fingerprint density at radius 1 is 0.952 bits per heavy atom. The highest BCUT2D eigenvalue weighted by Crippen LogP contribution is 2.18. The molecule has 0 aliphatic carbocycles. The summed E-state index contributed by atoms with van der Waals surface area (Å²) in [6.45, 7) is 0.197. The Morgan fingerprint density at radius 2 is 1.52 bits per heavy atom. The van der Waals surface area contributed by atoms with Gasteiger partial charge < -0.3 is 0 Å². The Kier molecular flexibility index (Phi) is 5.79. The zero-order valence-corrected chi connectivity index (χ0v) is 13.1. The molecule has 0 radical (unpaired) electrons. The number of nitrogens with one attached hydrogen (secondary N) is 1. The van der Waals surface area contributed by atoms with Crippen LogP contribution in [0.4, 0.5) is 0 Å². The number of sulfonamides is 1. The summed E-state index contributed by atoms with van der Waals surface area (Å²) < 4.78 is 26.5. The molecule has 2 aromatic carbocycles. The lowest BCUT2D eigenvalue weighted by Gasteiger charge is -2.11. The number of aryl methyl sites for hydroxylation is 1. The fraction of sp³-hybridized carbons (Fsp3) is 0.250. The molecule has 21 heavy (non-hydrogen) atoms. The highest BCUT2D eigenvalue weighted by Gasteiger charge is 2.14. The fourth-order valence-corrected chi connectivity index (χ4v) is 3.33. The van der Waals surface area contributed by atoms with E-state index >= 15 is 0 Å². The Hall–Kier alpha value is -1.36. The number of rotatable bonds is 7. The lowest BCUT2D eigenvalue weighted by molar-refractivity contribution is 0.580. The maximum Gasteiger partial charge on any atom is 0.211 e. The van der Waals surface area contributed by atoms with Gasteiger partial charge in [0.2, 0.25) is 10.0 Å². The minimum atomic E-state index is -3.32. The maximum absolute atomic E-state index is 12.0. The van der Waals surface area contributed by atoms with Crippen molar-refractivity contribution in [2.24, 2.45) is 0 Å². The zero-order chi connectivity index (χ0) is 15.1. The van der Waals surface area contributed by atoms with Crippen LogP contribution in [0.2, 0.25) is 0 Å². The van der Waals surface area contributed by atoms with Gasteiger partial charge in [0, 0.05) is 6.54 Å². The highest BCUT2D eigenvalue weighted by atomic mass is 35.5. The second kappa shape index (κ2) is 7.59. The largest absolute Gasteiger partial charge is 0.213 e. The van der Waals surface area contributed by atoms with Crippen molar-refractivity contribution in [2.75, 3.05) is 12.3 Å². The number of halogens is 1. The van der Waals surface area contributed by atoms with Crippen LogP contribution in [0.15, 0.2) is 60.7 Å². The van der Waals surface area contributed by atoms with E-state index in [1.807, 2.05) is 60.7 Å². The van der Waals surface area contributed by atoms with Crippen LogP contribution < -0.4 is 4.72 Å². The molecule has 0 saturated heterocycles. The minimum Gasteiger partial charge on any atom is -0.213 e. The van der Waals surface area contributed by atoms with Crippen LogP contribution in [-0.4, -0.2) is 20.7 Å². The smallest absolute Gasteiger partial charge is 0.211 e. The molecular formula is C16H18ClNO2S. The summed E-state index contributed by atoms with van der Waals surface area (Å²) in [5.74, 6) is 0.0649. The molecule has 2 aromatic rings. The van der Waals surface area contributed by atoms with Crippen LogP contribution in [0.5, 0.6) is 0 Å². The fourth-order valence-electron chi connectivity index (χ4n) is 1.95. The molecule has 2 rings (SSSR count).